The summed E-state index contributed by atoms with van der Waals surface area (Å²) in [6, 6.07) is 21.2. The number of benzene rings is 3. The smallest absolute Gasteiger partial charge is 0.0580 e. The number of hydrogen-bond acceptors (Lipinski definition) is 1. The molecule has 0 saturated carbocycles. The van der Waals surface area contributed by atoms with Crippen molar-refractivity contribution in [3.8, 4) is 0 Å². The van der Waals surface area contributed by atoms with E-state index in [0.717, 1.165) is 19.3 Å². The quantitative estimate of drug-likeness (QED) is 0.242. The summed E-state index contributed by atoms with van der Waals surface area (Å²) in [5.74, 6) is 0.977. The highest BCUT2D eigenvalue weighted by molar-refractivity contribution is 6.16. The number of rotatable bonds is 1. The van der Waals surface area contributed by atoms with Crippen LogP contribution in [0.25, 0.3) is 27.5 Å². The molecule has 0 bridgehead atoms. The first-order valence-corrected chi connectivity index (χ1v) is 15.1. The van der Waals surface area contributed by atoms with E-state index >= 15 is 0 Å². The molecule has 0 radical (unpaired) electrons. The summed E-state index contributed by atoms with van der Waals surface area (Å²) < 4.78 is 2.69. The monoisotopic (exact) mass is 520 g/mol. The summed E-state index contributed by atoms with van der Waals surface area (Å²) in [6.45, 7) is 12.3. The van der Waals surface area contributed by atoms with E-state index in [0.29, 0.717) is 11.8 Å². The molecule has 40 heavy (non-hydrogen) atoms. The third-order valence-electron chi connectivity index (χ3n) is 11.0. The Labute approximate surface area is 237 Å². The van der Waals surface area contributed by atoms with Gasteiger partial charge < -0.3 is 9.47 Å². The van der Waals surface area contributed by atoms with Gasteiger partial charge >= 0.3 is 0 Å². The minimum Gasteiger partial charge on any atom is -0.313 e. The van der Waals surface area contributed by atoms with Gasteiger partial charge in [-0.3, -0.25) is 0 Å². The van der Waals surface area contributed by atoms with Crippen molar-refractivity contribution in [3.63, 3.8) is 0 Å². The van der Waals surface area contributed by atoms with Crippen LogP contribution in [0.1, 0.15) is 64.2 Å². The lowest BCUT2D eigenvalue weighted by Gasteiger charge is -2.48. The molecule has 0 spiro atoms. The van der Waals surface area contributed by atoms with Crippen molar-refractivity contribution < 1.29 is 0 Å². The molecule has 5 aliphatic rings. The molecule has 0 amide bonds. The van der Waals surface area contributed by atoms with Crippen molar-refractivity contribution in [3.05, 3.63) is 112 Å². The number of fused-ring (bicyclic) bond motifs is 2. The molecule has 4 heterocycles. The molecule has 2 atom stereocenters. The molecule has 198 valence electrons. The summed E-state index contributed by atoms with van der Waals surface area (Å²) in [5.41, 5.74) is 15.9. The molecule has 2 unspecified atom stereocenters. The fourth-order valence-electron chi connectivity index (χ4n) is 8.96. The van der Waals surface area contributed by atoms with Gasteiger partial charge in [0.25, 0.3) is 0 Å². The first kappa shape index (κ1) is 23.0. The van der Waals surface area contributed by atoms with Crippen molar-refractivity contribution in [2.24, 2.45) is 11.8 Å². The largest absolute Gasteiger partial charge is 0.313 e. The third-order valence-corrected chi connectivity index (χ3v) is 11.0. The number of aromatic nitrogens is 1. The van der Waals surface area contributed by atoms with Crippen LogP contribution in [0.3, 0.4) is 0 Å². The predicted molar refractivity (Wildman–Crippen MR) is 168 cm³/mol. The second kappa shape index (κ2) is 7.29. The number of para-hydroxylation sites is 2. The van der Waals surface area contributed by atoms with E-state index in [9.17, 15) is 0 Å². The van der Waals surface area contributed by atoms with Gasteiger partial charge in [0.15, 0.2) is 0 Å². The molecular weight excluding hydrogens is 484 g/mol. The predicted octanol–water partition coefficient (Wildman–Crippen LogP) is 9.71. The molecule has 2 heteroatoms. The van der Waals surface area contributed by atoms with Crippen molar-refractivity contribution >= 4 is 38.9 Å². The molecule has 0 saturated heterocycles. The highest BCUT2D eigenvalue weighted by Gasteiger charge is 2.48. The maximum atomic E-state index is 2.69. The Balaban J connectivity index is 1.43. The van der Waals surface area contributed by atoms with E-state index in [1.165, 1.54) is 66.7 Å². The minimum absolute atomic E-state index is 0.0820. The van der Waals surface area contributed by atoms with E-state index in [4.69, 9.17) is 0 Å². The molecule has 0 N–H and O–H groups in total. The van der Waals surface area contributed by atoms with Crippen molar-refractivity contribution in [1.82, 2.24) is 4.57 Å². The average molecular weight is 521 g/mol. The zero-order valence-electron chi connectivity index (χ0n) is 24.2. The number of allylic oxidation sites excluding steroid dienone is 8. The maximum Gasteiger partial charge on any atom is 0.0580 e. The van der Waals surface area contributed by atoms with Crippen LogP contribution in [-0.2, 0) is 17.3 Å². The van der Waals surface area contributed by atoms with Gasteiger partial charge in [0, 0.05) is 62.6 Å². The summed E-state index contributed by atoms with van der Waals surface area (Å²) in [4.78, 5) is 2.62. The molecule has 2 aliphatic carbocycles. The van der Waals surface area contributed by atoms with Crippen molar-refractivity contribution in [1.29, 1.82) is 0 Å². The molecular formula is C38H36N2. The molecule has 1 aromatic heterocycles. The fourth-order valence-corrected chi connectivity index (χ4v) is 8.96. The van der Waals surface area contributed by atoms with Gasteiger partial charge in [-0.25, -0.2) is 0 Å². The summed E-state index contributed by atoms with van der Waals surface area (Å²) in [7, 11) is 0. The zero-order valence-corrected chi connectivity index (χ0v) is 24.2. The van der Waals surface area contributed by atoms with Gasteiger partial charge in [-0.1, -0.05) is 95.3 Å². The highest BCUT2D eigenvalue weighted by Crippen LogP contribution is 2.59. The Bertz CT molecular complexity index is 1950. The van der Waals surface area contributed by atoms with Crippen LogP contribution >= 0.6 is 0 Å². The van der Waals surface area contributed by atoms with Gasteiger partial charge in [0.05, 0.1) is 11.0 Å². The van der Waals surface area contributed by atoms with Gasteiger partial charge in [-0.05, 0) is 58.9 Å². The highest BCUT2D eigenvalue weighted by atomic mass is 15.2. The first-order chi connectivity index (χ1) is 19.3. The Morgan fingerprint density at radius 1 is 0.775 bits per heavy atom. The van der Waals surface area contributed by atoms with E-state index in [1.807, 2.05) is 0 Å². The van der Waals surface area contributed by atoms with Crippen LogP contribution in [0.5, 0.6) is 0 Å². The topological polar surface area (TPSA) is 8.17 Å². The number of nitrogens with zero attached hydrogens (tertiary/aromatic N) is 2. The van der Waals surface area contributed by atoms with Crippen LogP contribution in [0.2, 0.25) is 0 Å². The maximum absolute atomic E-state index is 2.69. The second-order valence-electron chi connectivity index (χ2n) is 13.9. The van der Waals surface area contributed by atoms with Crippen molar-refractivity contribution in [2.75, 3.05) is 4.90 Å². The van der Waals surface area contributed by atoms with Crippen LogP contribution in [-0.4, -0.2) is 4.57 Å². The van der Waals surface area contributed by atoms with E-state index < -0.39 is 0 Å². The SMILES string of the molecule is CC1CC=CC2=C1N(c1cc3c4c(c1)c1cccc5c1n4C1=C(C=CCC1C5(C)C)C3(C)C)c1ccccc1C2. The minimum atomic E-state index is -0.0820. The Morgan fingerprint density at radius 2 is 1.57 bits per heavy atom. The fraction of sp³-hybridized carbons (Fsp3) is 0.316. The van der Waals surface area contributed by atoms with E-state index in [1.54, 1.807) is 5.70 Å². The lowest BCUT2D eigenvalue weighted by molar-refractivity contribution is 0.371. The Hall–Kier alpha value is -3.78. The first-order valence-electron chi connectivity index (χ1n) is 15.1. The number of hydrogen-bond donors (Lipinski definition) is 0. The van der Waals surface area contributed by atoms with Gasteiger partial charge in [-0.15, -0.1) is 0 Å². The summed E-state index contributed by atoms with van der Waals surface area (Å²) in [5, 5.41) is 2.80. The summed E-state index contributed by atoms with van der Waals surface area (Å²) in [6.07, 6.45) is 12.9. The standard InChI is InChI=1S/C38H36N2/c1-22-11-8-13-24-19-23-12-6-7-18-32(23)39(33(22)24)25-20-27-26-14-9-15-28-34(26)40-35(27)31(21-25)38(4,5)30-17-10-16-29(36(30)40)37(28,2)3/h6-10,12-15,17-18,20-22,29H,11,16,19H2,1-5H3. The lowest BCUT2D eigenvalue weighted by atomic mass is 9.62. The molecule has 4 aromatic rings. The second-order valence-corrected chi connectivity index (χ2v) is 13.9. The van der Waals surface area contributed by atoms with Crippen LogP contribution in [0, 0.1) is 11.8 Å². The van der Waals surface area contributed by atoms with Gasteiger partial charge in [-0.2, -0.15) is 0 Å². The third kappa shape index (κ3) is 2.57. The Morgan fingerprint density at radius 3 is 2.45 bits per heavy atom. The molecule has 2 nitrogen and oxygen atoms in total. The molecule has 3 aromatic carbocycles. The van der Waals surface area contributed by atoms with Gasteiger partial charge in [0.1, 0.15) is 0 Å². The van der Waals surface area contributed by atoms with Crippen LogP contribution in [0.15, 0.2) is 95.7 Å². The van der Waals surface area contributed by atoms with Gasteiger partial charge in [0.2, 0.25) is 0 Å². The zero-order chi connectivity index (χ0) is 27.1. The molecule has 0 fully saturated rings. The summed E-state index contributed by atoms with van der Waals surface area (Å²) >= 11 is 0. The molecule has 9 rings (SSSR count). The molecule has 3 aliphatic heterocycles. The normalized spacial score (nSPS) is 24.8. The van der Waals surface area contributed by atoms with E-state index in [2.05, 4.69) is 123 Å². The van der Waals surface area contributed by atoms with Crippen LogP contribution in [0.4, 0.5) is 11.4 Å². The van der Waals surface area contributed by atoms with Crippen LogP contribution < -0.4 is 4.90 Å². The Kier molecular flexibility index (Phi) is 4.19. The lowest BCUT2D eigenvalue weighted by Crippen LogP contribution is -2.40. The average Bonchev–Trinajstić information content (AvgIpc) is 3.28. The van der Waals surface area contributed by atoms with Crippen molar-refractivity contribution in [2.45, 2.75) is 64.7 Å². The number of anilines is 2. The van der Waals surface area contributed by atoms with E-state index in [-0.39, 0.29) is 10.8 Å².